The first-order valence-electron chi connectivity index (χ1n) is 15.1. The molecule has 5 rings (SSSR count). The Morgan fingerprint density at radius 1 is 0.930 bits per heavy atom. The molecule has 3 aromatic carbocycles. The van der Waals surface area contributed by atoms with Crippen molar-refractivity contribution in [3.05, 3.63) is 89.0 Å². The number of methoxy groups -OCH3 is 2. The van der Waals surface area contributed by atoms with E-state index >= 15 is 0 Å². The van der Waals surface area contributed by atoms with Crippen molar-refractivity contribution in [3.63, 3.8) is 0 Å². The fourth-order valence-corrected chi connectivity index (χ4v) is 6.17. The van der Waals surface area contributed by atoms with Crippen LogP contribution in [0.4, 0.5) is 0 Å². The van der Waals surface area contributed by atoms with Crippen LogP contribution in [0, 0.1) is 12.3 Å². The van der Waals surface area contributed by atoms with Gasteiger partial charge in [-0.25, -0.2) is 5.01 Å². The minimum atomic E-state index is -0.705. The zero-order valence-corrected chi connectivity index (χ0v) is 25.8. The molecule has 8 heteroatoms. The van der Waals surface area contributed by atoms with Crippen molar-refractivity contribution < 1.29 is 23.8 Å². The molecule has 0 saturated carbocycles. The molecule has 0 aliphatic carbocycles. The summed E-state index contributed by atoms with van der Waals surface area (Å²) in [7, 11) is 3.21. The summed E-state index contributed by atoms with van der Waals surface area (Å²) in [6, 6.07) is 21.3. The fourth-order valence-electron chi connectivity index (χ4n) is 6.17. The number of ether oxygens (including phenoxy) is 3. The monoisotopic (exact) mass is 583 g/mol. The molecule has 2 aliphatic rings. The maximum Gasteiger partial charge on any atom is 0.255 e. The molecule has 8 nitrogen and oxygen atoms in total. The largest absolute Gasteiger partial charge is 0.493 e. The maximum absolute atomic E-state index is 14.0. The van der Waals surface area contributed by atoms with E-state index in [0.29, 0.717) is 68.2 Å². The molecule has 226 valence electrons. The van der Waals surface area contributed by atoms with Gasteiger partial charge in [-0.05, 0) is 74.1 Å². The molecule has 43 heavy (non-hydrogen) atoms. The number of rotatable bonds is 10. The Balaban J connectivity index is 1.30. The molecule has 1 saturated heterocycles. The van der Waals surface area contributed by atoms with Gasteiger partial charge in [0, 0.05) is 24.2 Å². The number of amides is 2. The molecule has 0 aromatic heterocycles. The predicted octanol–water partition coefficient (Wildman–Crippen LogP) is 6.25. The van der Waals surface area contributed by atoms with Crippen LogP contribution in [0.3, 0.4) is 0 Å². The van der Waals surface area contributed by atoms with E-state index in [1.807, 2.05) is 92.4 Å². The van der Waals surface area contributed by atoms with Gasteiger partial charge in [0.15, 0.2) is 11.5 Å². The van der Waals surface area contributed by atoms with E-state index in [4.69, 9.17) is 19.3 Å². The van der Waals surface area contributed by atoms with Crippen LogP contribution in [0.2, 0.25) is 0 Å². The third-order valence-electron chi connectivity index (χ3n) is 8.93. The highest BCUT2D eigenvalue weighted by molar-refractivity contribution is 6.20. The van der Waals surface area contributed by atoms with E-state index in [9.17, 15) is 9.59 Å². The van der Waals surface area contributed by atoms with Crippen LogP contribution in [0.25, 0.3) is 0 Å². The number of nitrogens with zero attached hydrogens (tertiary/aromatic N) is 3. The summed E-state index contributed by atoms with van der Waals surface area (Å²) in [5.41, 5.74) is 3.55. The summed E-state index contributed by atoms with van der Waals surface area (Å²) >= 11 is 0. The Morgan fingerprint density at radius 2 is 1.63 bits per heavy atom. The third kappa shape index (κ3) is 5.83. The van der Waals surface area contributed by atoms with Crippen molar-refractivity contribution in [1.82, 2.24) is 9.91 Å². The average molecular weight is 584 g/mol. The first-order valence-corrected chi connectivity index (χ1v) is 15.1. The second-order valence-electron chi connectivity index (χ2n) is 11.2. The summed E-state index contributed by atoms with van der Waals surface area (Å²) in [4.78, 5) is 29.5. The lowest BCUT2D eigenvalue weighted by Gasteiger charge is -2.36. The zero-order chi connectivity index (χ0) is 30.6. The smallest absolute Gasteiger partial charge is 0.255 e. The zero-order valence-electron chi connectivity index (χ0n) is 25.8. The van der Waals surface area contributed by atoms with E-state index < -0.39 is 5.41 Å². The topological polar surface area (TPSA) is 80.7 Å². The Bertz CT molecular complexity index is 1490. The van der Waals surface area contributed by atoms with Crippen molar-refractivity contribution in [1.29, 1.82) is 0 Å². The molecule has 0 spiro atoms. The molecule has 0 radical (unpaired) electrons. The lowest BCUT2D eigenvalue weighted by Crippen LogP contribution is -2.48. The molecule has 2 aliphatic heterocycles. The normalized spacial score (nSPS) is 16.7. The van der Waals surface area contributed by atoms with Crippen LogP contribution in [-0.4, -0.2) is 60.8 Å². The van der Waals surface area contributed by atoms with Gasteiger partial charge < -0.3 is 19.1 Å². The fraction of sp³-hybridized carbons (Fsp3) is 0.400. The molecule has 2 amide bonds. The van der Waals surface area contributed by atoms with Gasteiger partial charge in [0.2, 0.25) is 0 Å². The maximum atomic E-state index is 14.0. The summed E-state index contributed by atoms with van der Waals surface area (Å²) < 4.78 is 17.0. The minimum absolute atomic E-state index is 0.0140. The van der Waals surface area contributed by atoms with Gasteiger partial charge in [0.25, 0.3) is 11.8 Å². The first kappa shape index (κ1) is 30.1. The number of carbonyl (C=O) groups excluding carboxylic acids is 2. The Labute approximate surface area is 254 Å². The van der Waals surface area contributed by atoms with Crippen molar-refractivity contribution >= 4 is 17.5 Å². The number of carbonyl (C=O) groups is 2. The van der Waals surface area contributed by atoms with E-state index in [-0.39, 0.29) is 17.9 Å². The minimum Gasteiger partial charge on any atom is -0.493 e. The van der Waals surface area contributed by atoms with E-state index in [2.05, 4.69) is 0 Å². The second-order valence-corrected chi connectivity index (χ2v) is 11.2. The number of hydrazone groups is 1. The van der Waals surface area contributed by atoms with E-state index in [0.717, 1.165) is 22.4 Å². The van der Waals surface area contributed by atoms with Crippen LogP contribution in [0.1, 0.15) is 66.6 Å². The molecule has 0 bridgehead atoms. The number of piperidine rings is 1. The number of aryl methyl sites for hydroxylation is 1. The van der Waals surface area contributed by atoms with Crippen molar-refractivity contribution in [2.45, 2.75) is 59.1 Å². The van der Waals surface area contributed by atoms with Gasteiger partial charge in [-0.15, -0.1) is 0 Å². The highest BCUT2D eigenvalue weighted by Gasteiger charge is 2.51. The molecule has 0 atom stereocenters. The summed E-state index contributed by atoms with van der Waals surface area (Å²) in [6.07, 6.45) is 2.61. The van der Waals surface area contributed by atoms with Gasteiger partial charge in [-0.3, -0.25) is 9.59 Å². The van der Waals surface area contributed by atoms with Gasteiger partial charge in [0.05, 0.1) is 31.4 Å². The van der Waals surface area contributed by atoms with E-state index in [1.54, 1.807) is 19.2 Å². The predicted molar refractivity (Wildman–Crippen MR) is 167 cm³/mol. The Hall–Kier alpha value is -4.33. The lowest BCUT2D eigenvalue weighted by atomic mass is 9.75. The van der Waals surface area contributed by atoms with Crippen LogP contribution < -0.4 is 14.2 Å². The van der Waals surface area contributed by atoms with Crippen LogP contribution in [0.5, 0.6) is 17.2 Å². The SMILES string of the molecule is CCC1(CC)C(=O)N(C2CCN(C(=O)c3cc(OCc4ccccc4)ccc3C)CC2)N=C1c1ccc(OC)c(OC)c1. The van der Waals surface area contributed by atoms with Gasteiger partial charge in [-0.2, -0.15) is 5.10 Å². The van der Waals surface area contributed by atoms with Crippen LogP contribution >= 0.6 is 0 Å². The molecule has 0 N–H and O–H groups in total. The molecule has 2 heterocycles. The lowest BCUT2D eigenvalue weighted by molar-refractivity contribution is -0.139. The number of likely N-dealkylation sites (tertiary alicyclic amines) is 1. The average Bonchev–Trinajstić information content (AvgIpc) is 3.36. The molecule has 0 unspecified atom stereocenters. The second kappa shape index (κ2) is 12.9. The quantitative estimate of drug-likeness (QED) is 0.282. The highest BCUT2D eigenvalue weighted by Crippen LogP contribution is 2.42. The van der Waals surface area contributed by atoms with Crippen molar-refractivity contribution in [3.8, 4) is 17.2 Å². The molecular weight excluding hydrogens is 542 g/mol. The summed E-state index contributed by atoms with van der Waals surface area (Å²) in [6.45, 7) is 7.58. The number of hydrogen-bond donors (Lipinski definition) is 0. The third-order valence-corrected chi connectivity index (χ3v) is 8.93. The number of hydrogen-bond acceptors (Lipinski definition) is 6. The number of benzene rings is 3. The molecular formula is C35H41N3O5. The van der Waals surface area contributed by atoms with Crippen LogP contribution in [-0.2, 0) is 11.4 Å². The first-order chi connectivity index (χ1) is 20.8. The van der Waals surface area contributed by atoms with E-state index in [1.165, 1.54) is 0 Å². The van der Waals surface area contributed by atoms with Crippen molar-refractivity contribution in [2.75, 3.05) is 27.3 Å². The van der Waals surface area contributed by atoms with Crippen LogP contribution in [0.15, 0.2) is 71.8 Å². The van der Waals surface area contributed by atoms with Gasteiger partial charge in [-0.1, -0.05) is 50.2 Å². The summed E-state index contributed by atoms with van der Waals surface area (Å²) in [5.74, 6) is 1.92. The Morgan fingerprint density at radius 3 is 2.28 bits per heavy atom. The standard InChI is InChI=1S/C35H41N3O5/c1-6-35(7-2)32(26-14-16-30(41-4)31(21-26)42-5)36-38(34(35)40)27-17-19-37(20-18-27)33(39)29-22-28(15-13-24(29)3)43-23-25-11-9-8-10-12-25/h8-16,21-22,27H,6-7,17-20,23H2,1-5H3. The molecule has 3 aromatic rings. The molecule has 1 fully saturated rings. The highest BCUT2D eigenvalue weighted by atomic mass is 16.5. The summed E-state index contributed by atoms with van der Waals surface area (Å²) in [5, 5.41) is 6.67. The van der Waals surface area contributed by atoms with Gasteiger partial charge in [0.1, 0.15) is 12.4 Å². The van der Waals surface area contributed by atoms with Crippen molar-refractivity contribution in [2.24, 2.45) is 10.5 Å². The van der Waals surface area contributed by atoms with Gasteiger partial charge >= 0.3 is 0 Å². The Kier molecular flexibility index (Phi) is 9.04.